The van der Waals surface area contributed by atoms with Crippen LogP contribution in [0.3, 0.4) is 0 Å². The zero-order valence-electron chi connectivity index (χ0n) is 9.66. The van der Waals surface area contributed by atoms with E-state index in [2.05, 4.69) is 4.98 Å². The molecule has 0 atom stereocenters. The molecule has 4 nitrogen and oxygen atoms in total. The van der Waals surface area contributed by atoms with Gasteiger partial charge in [0.05, 0.1) is 6.61 Å². The first-order valence-corrected chi connectivity index (χ1v) is 5.10. The molecule has 1 aromatic rings. The van der Waals surface area contributed by atoms with Crippen LogP contribution in [0.5, 0.6) is 0 Å². The van der Waals surface area contributed by atoms with E-state index in [9.17, 15) is 9.59 Å². The molecule has 0 bridgehead atoms. The van der Waals surface area contributed by atoms with Gasteiger partial charge in [0.2, 0.25) is 0 Å². The lowest BCUT2D eigenvalue weighted by Gasteiger charge is -2.00. The van der Waals surface area contributed by atoms with Gasteiger partial charge in [0.1, 0.15) is 12.0 Å². The van der Waals surface area contributed by atoms with Gasteiger partial charge < -0.3 is 9.72 Å². The Hall–Kier alpha value is -1.84. The van der Waals surface area contributed by atoms with Crippen LogP contribution in [0.1, 0.15) is 34.2 Å². The van der Waals surface area contributed by atoms with Crippen molar-refractivity contribution in [2.45, 2.75) is 20.8 Å². The van der Waals surface area contributed by atoms with Crippen LogP contribution in [0, 0.1) is 13.8 Å². The predicted molar refractivity (Wildman–Crippen MR) is 61.3 cm³/mol. The highest BCUT2D eigenvalue weighted by Gasteiger charge is 2.16. The first-order chi connectivity index (χ1) is 7.61. The number of H-pyrrole nitrogens is 1. The number of aryl methyl sites for hydroxylation is 1. The van der Waals surface area contributed by atoms with Gasteiger partial charge in [0.15, 0.2) is 0 Å². The van der Waals surface area contributed by atoms with Crippen LogP contribution in [0.2, 0.25) is 0 Å². The fourth-order valence-electron chi connectivity index (χ4n) is 1.56. The quantitative estimate of drug-likeness (QED) is 0.480. The number of ether oxygens (including phenoxy) is 1. The van der Waals surface area contributed by atoms with Crippen LogP contribution >= 0.6 is 0 Å². The van der Waals surface area contributed by atoms with Gasteiger partial charge in [-0.15, -0.1) is 0 Å². The number of aromatic nitrogens is 1. The maximum atomic E-state index is 11.6. The third-order valence-electron chi connectivity index (χ3n) is 2.32. The average Bonchev–Trinajstić information content (AvgIpc) is 2.53. The summed E-state index contributed by atoms with van der Waals surface area (Å²) in [6, 6.07) is 0. The van der Waals surface area contributed by atoms with Gasteiger partial charge >= 0.3 is 5.97 Å². The highest BCUT2D eigenvalue weighted by Crippen LogP contribution is 2.19. The molecule has 86 valence electrons. The molecule has 0 saturated heterocycles. The van der Waals surface area contributed by atoms with E-state index in [0.29, 0.717) is 18.6 Å². The van der Waals surface area contributed by atoms with Gasteiger partial charge in [0.25, 0.3) is 0 Å². The zero-order chi connectivity index (χ0) is 12.1. The van der Waals surface area contributed by atoms with E-state index in [4.69, 9.17) is 4.74 Å². The first-order valence-electron chi connectivity index (χ1n) is 5.10. The van der Waals surface area contributed by atoms with Gasteiger partial charge in [0, 0.05) is 5.69 Å². The zero-order valence-corrected chi connectivity index (χ0v) is 9.66. The number of carbonyl (C=O) groups is 2. The summed E-state index contributed by atoms with van der Waals surface area (Å²) in [7, 11) is 0. The Morgan fingerprint density at radius 3 is 2.69 bits per heavy atom. The third kappa shape index (κ3) is 2.39. The number of allylic oxidation sites excluding steroid dienone is 1. The largest absolute Gasteiger partial charge is 0.461 e. The van der Waals surface area contributed by atoms with E-state index in [1.54, 1.807) is 13.0 Å². The van der Waals surface area contributed by atoms with Crippen LogP contribution < -0.4 is 0 Å². The summed E-state index contributed by atoms with van der Waals surface area (Å²) in [5.74, 6) is -0.367. The average molecular weight is 221 g/mol. The number of hydrogen-bond donors (Lipinski definition) is 1. The Labute approximate surface area is 94.3 Å². The SMILES string of the molecule is CCOC(=O)c1[nH]c(C)c(C=CC=O)c1C. The van der Waals surface area contributed by atoms with Crippen molar-refractivity contribution in [1.29, 1.82) is 0 Å². The Morgan fingerprint density at radius 1 is 1.44 bits per heavy atom. The fraction of sp³-hybridized carbons (Fsp3) is 0.333. The van der Waals surface area contributed by atoms with E-state index in [-0.39, 0.29) is 5.97 Å². The number of esters is 1. The van der Waals surface area contributed by atoms with Crippen molar-refractivity contribution >= 4 is 18.3 Å². The van der Waals surface area contributed by atoms with Crippen molar-refractivity contribution in [3.63, 3.8) is 0 Å². The molecular formula is C12H15NO3. The minimum absolute atomic E-state index is 0.343. The van der Waals surface area contributed by atoms with E-state index >= 15 is 0 Å². The van der Waals surface area contributed by atoms with Gasteiger partial charge in [-0.2, -0.15) is 0 Å². The molecule has 1 aromatic heterocycles. The van der Waals surface area contributed by atoms with Crippen LogP contribution in [0.4, 0.5) is 0 Å². The second-order valence-corrected chi connectivity index (χ2v) is 3.38. The monoisotopic (exact) mass is 221 g/mol. The Bertz CT molecular complexity index is 430. The minimum atomic E-state index is -0.367. The van der Waals surface area contributed by atoms with E-state index < -0.39 is 0 Å². The molecule has 0 amide bonds. The van der Waals surface area contributed by atoms with E-state index in [1.807, 2.05) is 13.8 Å². The van der Waals surface area contributed by atoms with Gasteiger partial charge in [-0.05, 0) is 44.1 Å². The highest BCUT2D eigenvalue weighted by atomic mass is 16.5. The molecule has 0 radical (unpaired) electrons. The highest BCUT2D eigenvalue weighted by molar-refractivity contribution is 5.91. The molecule has 0 aliphatic rings. The number of nitrogens with one attached hydrogen (secondary N) is 1. The summed E-state index contributed by atoms with van der Waals surface area (Å²) in [5.41, 5.74) is 2.95. The first kappa shape index (κ1) is 12.2. The molecule has 4 heteroatoms. The van der Waals surface area contributed by atoms with Crippen molar-refractivity contribution in [2.24, 2.45) is 0 Å². The second kappa shape index (κ2) is 5.30. The lowest BCUT2D eigenvalue weighted by molar-refractivity contribution is -0.104. The molecule has 0 aliphatic heterocycles. The summed E-state index contributed by atoms with van der Waals surface area (Å²) in [5, 5.41) is 0. The van der Waals surface area contributed by atoms with Crippen molar-refractivity contribution in [1.82, 2.24) is 4.98 Å². The number of aldehydes is 1. The molecule has 0 saturated carbocycles. The maximum absolute atomic E-state index is 11.6. The summed E-state index contributed by atoms with van der Waals surface area (Å²) < 4.78 is 4.92. The van der Waals surface area contributed by atoms with Crippen LogP contribution in [-0.2, 0) is 9.53 Å². The van der Waals surface area contributed by atoms with Gasteiger partial charge in [-0.3, -0.25) is 4.79 Å². The number of carbonyl (C=O) groups excluding carboxylic acids is 2. The standard InChI is InChI=1S/C12H15NO3/c1-4-16-12(15)11-8(2)10(6-5-7-14)9(3)13-11/h5-7,13H,4H2,1-3H3. The van der Waals surface area contributed by atoms with Crippen molar-refractivity contribution in [3.8, 4) is 0 Å². The number of rotatable bonds is 4. The summed E-state index contributed by atoms with van der Waals surface area (Å²) >= 11 is 0. The summed E-state index contributed by atoms with van der Waals surface area (Å²) in [4.78, 5) is 24.8. The van der Waals surface area contributed by atoms with Crippen LogP contribution in [0.25, 0.3) is 6.08 Å². The molecule has 0 unspecified atom stereocenters. The van der Waals surface area contributed by atoms with E-state index in [1.165, 1.54) is 6.08 Å². The fourth-order valence-corrected chi connectivity index (χ4v) is 1.56. The van der Waals surface area contributed by atoms with Gasteiger partial charge in [-0.25, -0.2) is 4.79 Å². The third-order valence-corrected chi connectivity index (χ3v) is 2.32. The topological polar surface area (TPSA) is 59.2 Å². The summed E-state index contributed by atoms with van der Waals surface area (Å²) in [6.45, 7) is 5.77. The molecule has 1 rings (SSSR count). The second-order valence-electron chi connectivity index (χ2n) is 3.38. The van der Waals surface area contributed by atoms with Gasteiger partial charge in [-0.1, -0.05) is 0 Å². The molecule has 1 heterocycles. The molecule has 1 N–H and O–H groups in total. The van der Waals surface area contributed by atoms with Crippen molar-refractivity contribution in [2.75, 3.05) is 6.61 Å². The van der Waals surface area contributed by atoms with Crippen molar-refractivity contribution in [3.05, 3.63) is 28.6 Å². The normalized spacial score (nSPS) is 10.7. The molecule has 0 aromatic carbocycles. The molecule has 0 aliphatic carbocycles. The van der Waals surface area contributed by atoms with Crippen molar-refractivity contribution < 1.29 is 14.3 Å². The van der Waals surface area contributed by atoms with Crippen LogP contribution in [0.15, 0.2) is 6.08 Å². The molecule has 0 spiro atoms. The lowest BCUT2D eigenvalue weighted by Crippen LogP contribution is -2.06. The minimum Gasteiger partial charge on any atom is -0.461 e. The number of aromatic amines is 1. The van der Waals surface area contributed by atoms with Crippen LogP contribution in [-0.4, -0.2) is 23.8 Å². The van der Waals surface area contributed by atoms with E-state index in [0.717, 1.165) is 16.8 Å². The molecule has 0 fully saturated rings. The number of hydrogen-bond acceptors (Lipinski definition) is 3. The maximum Gasteiger partial charge on any atom is 0.355 e. The predicted octanol–water partition coefficient (Wildman–Crippen LogP) is 2.02. The lowest BCUT2D eigenvalue weighted by atomic mass is 10.1. The smallest absolute Gasteiger partial charge is 0.355 e. The Morgan fingerprint density at radius 2 is 2.12 bits per heavy atom. The summed E-state index contributed by atoms with van der Waals surface area (Å²) in [6.07, 6.45) is 3.78. The molecular weight excluding hydrogens is 206 g/mol. The molecule has 16 heavy (non-hydrogen) atoms. The Balaban J connectivity index is 3.10. The Kier molecular flexibility index (Phi) is 4.05.